The van der Waals surface area contributed by atoms with Gasteiger partial charge in [0.25, 0.3) is 5.69 Å². The monoisotopic (exact) mass is 384 g/mol. The highest BCUT2D eigenvalue weighted by molar-refractivity contribution is 8.00. The van der Waals surface area contributed by atoms with Crippen molar-refractivity contribution in [3.8, 4) is 0 Å². The topological polar surface area (TPSA) is 116 Å². The molecule has 9 nitrogen and oxygen atoms in total. The molecular weight excluding hydrogens is 368 g/mol. The lowest BCUT2D eigenvalue weighted by atomic mass is 10.1. The zero-order valence-corrected chi connectivity index (χ0v) is 15.4. The van der Waals surface area contributed by atoms with Gasteiger partial charge in [-0.2, -0.15) is 0 Å². The van der Waals surface area contributed by atoms with Gasteiger partial charge in [0.1, 0.15) is 10.9 Å². The Hall–Kier alpha value is -3.27. The number of carbonyl (C=O) groups excluding carboxylic acids is 1. The van der Waals surface area contributed by atoms with E-state index in [-0.39, 0.29) is 11.4 Å². The van der Waals surface area contributed by atoms with E-state index in [1.807, 2.05) is 30.3 Å². The number of tetrazole rings is 1. The Balaban J connectivity index is 1.92. The van der Waals surface area contributed by atoms with Crippen LogP contribution in [0.5, 0.6) is 0 Å². The molecule has 0 saturated carbocycles. The van der Waals surface area contributed by atoms with Crippen LogP contribution >= 0.6 is 11.8 Å². The van der Waals surface area contributed by atoms with E-state index in [1.165, 1.54) is 16.8 Å². The third-order valence-corrected chi connectivity index (χ3v) is 5.03. The first-order valence-corrected chi connectivity index (χ1v) is 8.83. The van der Waals surface area contributed by atoms with Gasteiger partial charge in [-0.15, -0.1) is 5.10 Å². The molecule has 1 amide bonds. The summed E-state index contributed by atoms with van der Waals surface area (Å²) >= 11 is 1.16. The molecule has 0 fully saturated rings. The maximum atomic E-state index is 13.0. The van der Waals surface area contributed by atoms with Crippen molar-refractivity contribution in [1.82, 2.24) is 20.2 Å². The minimum atomic E-state index is -0.684. The molecule has 0 bridgehead atoms. The van der Waals surface area contributed by atoms with E-state index in [1.54, 1.807) is 20.0 Å². The summed E-state index contributed by atoms with van der Waals surface area (Å²) in [6.07, 6.45) is 0. The summed E-state index contributed by atoms with van der Waals surface area (Å²) in [5.41, 5.74) is 1.46. The van der Waals surface area contributed by atoms with Gasteiger partial charge in [0.2, 0.25) is 11.1 Å². The van der Waals surface area contributed by atoms with Gasteiger partial charge in [-0.25, -0.2) is 4.68 Å². The van der Waals surface area contributed by atoms with Crippen LogP contribution in [0.15, 0.2) is 53.7 Å². The molecule has 2 aromatic carbocycles. The average Bonchev–Trinajstić information content (AvgIpc) is 3.06. The number of benzene rings is 2. The van der Waals surface area contributed by atoms with E-state index in [2.05, 4.69) is 20.8 Å². The summed E-state index contributed by atoms with van der Waals surface area (Å²) in [6.45, 7) is 1.75. The molecule has 0 saturated heterocycles. The van der Waals surface area contributed by atoms with Gasteiger partial charge in [-0.05, 0) is 34.5 Å². The first-order chi connectivity index (χ1) is 13.0. The quantitative estimate of drug-likeness (QED) is 0.394. The molecule has 0 aliphatic carbocycles. The second-order valence-corrected chi connectivity index (χ2v) is 6.83. The van der Waals surface area contributed by atoms with E-state index in [4.69, 9.17) is 0 Å². The first-order valence-electron chi connectivity index (χ1n) is 7.95. The number of hydrogen-bond acceptors (Lipinski definition) is 7. The van der Waals surface area contributed by atoms with Gasteiger partial charge < -0.3 is 5.32 Å². The van der Waals surface area contributed by atoms with Gasteiger partial charge in [-0.3, -0.25) is 14.9 Å². The SMILES string of the molecule is Cc1ccc(NC(=O)C(Sc2nnnn2C)c2ccccc2)c([N+](=O)[O-])c1. The number of nitrogens with zero attached hydrogens (tertiary/aromatic N) is 5. The number of aromatic nitrogens is 4. The number of thioether (sulfide) groups is 1. The lowest BCUT2D eigenvalue weighted by Crippen LogP contribution is -2.20. The van der Waals surface area contributed by atoms with Crippen LogP contribution in [-0.2, 0) is 11.8 Å². The number of anilines is 1. The molecule has 0 aliphatic rings. The fraction of sp³-hybridized carbons (Fsp3) is 0.176. The molecule has 1 aromatic heterocycles. The number of hydrogen-bond donors (Lipinski definition) is 1. The van der Waals surface area contributed by atoms with Crippen LogP contribution in [0.1, 0.15) is 16.4 Å². The lowest BCUT2D eigenvalue weighted by Gasteiger charge is -2.16. The van der Waals surface area contributed by atoms with Crippen LogP contribution in [0.3, 0.4) is 0 Å². The van der Waals surface area contributed by atoms with Crippen LogP contribution in [0.25, 0.3) is 0 Å². The average molecular weight is 384 g/mol. The molecule has 0 spiro atoms. The van der Waals surface area contributed by atoms with Crippen molar-refractivity contribution in [3.05, 3.63) is 69.8 Å². The van der Waals surface area contributed by atoms with Crippen LogP contribution in [0, 0.1) is 17.0 Å². The number of carbonyl (C=O) groups is 1. The number of amides is 1. The van der Waals surface area contributed by atoms with Gasteiger partial charge in [0.15, 0.2) is 0 Å². The molecule has 0 radical (unpaired) electrons. The zero-order valence-electron chi connectivity index (χ0n) is 14.6. The highest BCUT2D eigenvalue weighted by Gasteiger charge is 2.26. The molecule has 1 N–H and O–H groups in total. The molecule has 1 atom stereocenters. The number of rotatable bonds is 6. The van der Waals surface area contributed by atoms with E-state index in [0.717, 1.165) is 22.9 Å². The fourth-order valence-electron chi connectivity index (χ4n) is 2.42. The largest absolute Gasteiger partial charge is 0.319 e. The minimum absolute atomic E-state index is 0.147. The predicted molar refractivity (Wildman–Crippen MR) is 100 cm³/mol. The zero-order chi connectivity index (χ0) is 19.4. The standard InChI is InChI=1S/C17H16N6O3S/c1-11-8-9-13(14(10-11)23(25)26)18-16(24)15(12-6-4-3-5-7-12)27-17-19-20-21-22(17)2/h3-10,15H,1-2H3,(H,18,24). The Labute approximate surface area is 158 Å². The molecule has 1 unspecified atom stereocenters. The molecule has 138 valence electrons. The van der Waals surface area contributed by atoms with Crippen molar-refractivity contribution in [2.75, 3.05) is 5.32 Å². The van der Waals surface area contributed by atoms with Crippen molar-refractivity contribution in [2.24, 2.45) is 7.05 Å². The smallest absolute Gasteiger partial charge is 0.293 e. The summed E-state index contributed by atoms with van der Waals surface area (Å²) in [7, 11) is 1.67. The second kappa shape index (κ2) is 7.96. The predicted octanol–water partition coefficient (Wildman–Crippen LogP) is 2.90. The maximum absolute atomic E-state index is 13.0. The Kier molecular flexibility index (Phi) is 5.46. The number of nitro groups is 1. The number of nitrogens with one attached hydrogen (secondary N) is 1. The van der Waals surface area contributed by atoms with Crippen molar-refractivity contribution in [1.29, 1.82) is 0 Å². The Morgan fingerprint density at radius 3 is 2.63 bits per heavy atom. The van der Waals surface area contributed by atoms with E-state index in [0.29, 0.717) is 5.16 Å². The summed E-state index contributed by atoms with van der Waals surface area (Å²) in [6, 6.07) is 13.8. The van der Waals surface area contributed by atoms with Gasteiger partial charge >= 0.3 is 0 Å². The molecule has 3 aromatic rings. The van der Waals surface area contributed by atoms with Crippen LogP contribution in [-0.4, -0.2) is 31.0 Å². The van der Waals surface area contributed by atoms with E-state index in [9.17, 15) is 14.9 Å². The highest BCUT2D eigenvalue weighted by Crippen LogP contribution is 2.35. The Morgan fingerprint density at radius 1 is 1.26 bits per heavy atom. The normalized spacial score (nSPS) is 11.8. The number of nitro benzene ring substituents is 1. The third-order valence-electron chi connectivity index (χ3n) is 3.75. The van der Waals surface area contributed by atoms with Crippen LogP contribution < -0.4 is 5.32 Å². The van der Waals surface area contributed by atoms with Crippen LogP contribution in [0.2, 0.25) is 0 Å². The second-order valence-electron chi connectivity index (χ2n) is 5.76. The molecule has 10 heteroatoms. The van der Waals surface area contributed by atoms with Crippen LogP contribution in [0.4, 0.5) is 11.4 Å². The van der Waals surface area contributed by atoms with Gasteiger partial charge in [0, 0.05) is 13.1 Å². The van der Waals surface area contributed by atoms with E-state index < -0.39 is 16.1 Å². The third kappa shape index (κ3) is 4.29. The summed E-state index contributed by atoms with van der Waals surface area (Å²) < 4.78 is 1.46. The summed E-state index contributed by atoms with van der Waals surface area (Å²) in [5.74, 6) is -0.402. The van der Waals surface area contributed by atoms with Crippen molar-refractivity contribution < 1.29 is 9.72 Å². The first kappa shape index (κ1) is 18.5. The van der Waals surface area contributed by atoms with Gasteiger partial charge in [0.05, 0.1) is 4.92 Å². The molecule has 3 rings (SSSR count). The molecule has 0 aliphatic heterocycles. The fourth-order valence-corrected chi connectivity index (χ4v) is 3.37. The molecular formula is C17H16N6O3S. The van der Waals surface area contributed by atoms with Crippen molar-refractivity contribution in [2.45, 2.75) is 17.3 Å². The van der Waals surface area contributed by atoms with Crippen molar-refractivity contribution >= 4 is 29.0 Å². The maximum Gasteiger partial charge on any atom is 0.293 e. The number of aryl methyl sites for hydroxylation is 2. The molecule has 27 heavy (non-hydrogen) atoms. The Bertz CT molecular complexity index is 976. The minimum Gasteiger partial charge on any atom is -0.319 e. The van der Waals surface area contributed by atoms with Gasteiger partial charge in [-0.1, -0.05) is 48.2 Å². The lowest BCUT2D eigenvalue weighted by molar-refractivity contribution is -0.384. The van der Waals surface area contributed by atoms with E-state index >= 15 is 0 Å². The Morgan fingerprint density at radius 2 is 2.00 bits per heavy atom. The molecule has 1 heterocycles. The highest BCUT2D eigenvalue weighted by atomic mass is 32.2. The van der Waals surface area contributed by atoms with Crippen molar-refractivity contribution in [3.63, 3.8) is 0 Å². The summed E-state index contributed by atoms with van der Waals surface area (Å²) in [5, 5.41) is 25.0. The summed E-state index contributed by atoms with van der Waals surface area (Å²) in [4.78, 5) is 23.8.